The zero-order valence-electron chi connectivity index (χ0n) is 10.4. The fourth-order valence-electron chi connectivity index (χ4n) is 0.430. The van der Waals surface area contributed by atoms with Crippen molar-refractivity contribution in [1.82, 2.24) is 4.98 Å². The summed E-state index contributed by atoms with van der Waals surface area (Å²) in [6, 6.07) is 5.72. The average Bonchev–Trinajstić information content (AvgIpc) is 2.22. The van der Waals surface area contributed by atoms with Crippen LogP contribution in [0.3, 0.4) is 0 Å². The van der Waals surface area contributed by atoms with Gasteiger partial charge in [0, 0.05) is 26.6 Å². The van der Waals surface area contributed by atoms with E-state index in [1.54, 1.807) is 26.6 Å². The molecule has 0 atom stereocenters. The van der Waals surface area contributed by atoms with Crippen LogP contribution in [-0.2, 0) is 9.47 Å². The maximum absolute atomic E-state index is 4.47. The minimum absolute atomic E-state index is 0.389. The van der Waals surface area contributed by atoms with Crippen LogP contribution in [0.1, 0.15) is 20.8 Å². The van der Waals surface area contributed by atoms with Gasteiger partial charge in [0.05, 0.1) is 0 Å². The van der Waals surface area contributed by atoms with Gasteiger partial charge in [-0.25, -0.2) is 0 Å². The van der Waals surface area contributed by atoms with E-state index in [4.69, 9.17) is 0 Å². The van der Waals surface area contributed by atoms with Crippen molar-refractivity contribution >= 4 is 0 Å². The van der Waals surface area contributed by atoms with E-state index in [9.17, 15) is 0 Å². The lowest BCUT2D eigenvalue weighted by Crippen LogP contribution is -1.87. The second-order valence-corrected chi connectivity index (χ2v) is 3.45. The molecule has 3 heteroatoms. The number of rotatable bonds is 2. The van der Waals surface area contributed by atoms with Gasteiger partial charge in [-0.05, 0) is 18.1 Å². The lowest BCUT2D eigenvalue weighted by molar-refractivity contribution is -0.00271. The maximum Gasteiger partial charge on any atom is 0.145 e. The van der Waals surface area contributed by atoms with E-state index in [1.165, 1.54) is 0 Å². The summed E-state index contributed by atoms with van der Waals surface area (Å²) in [4.78, 5) is 3.78. The molecule has 1 aromatic rings. The molecule has 0 spiro atoms. The van der Waals surface area contributed by atoms with Crippen LogP contribution < -0.4 is 0 Å². The van der Waals surface area contributed by atoms with Gasteiger partial charge in [0.2, 0.25) is 0 Å². The number of methoxy groups -OCH3 is 2. The van der Waals surface area contributed by atoms with Crippen LogP contribution in [-0.4, -0.2) is 26.0 Å². The summed E-state index contributed by atoms with van der Waals surface area (Å²) in [5.41, 5.74) is 0. The standard InChI is InChI=1S/C5H5N.C4H10.C3H8O2/c1-2-4-6-5-3-1;1-4(2)3;1-4-3-5-2/h1-5H;4H,1-3H3;3H2,1-2H3. The Morgan fingerprint density at radius 1 is 0.933 bits per heavy atom. The maximum atomic E-state index is 4.47. The summed E-state index contributed by atoms with van der Waals surface area (Å²) in [6.45, 7) is 6.89. The van der Waals surface area contributed by atoms with E-state index >= 15 is 0 Å². The summed E-state index contributed by atoms with van der Waals surface area (Å²) >= 11 is 0. The van der Waals surface area contributed by atoms with Gasteiger partial charge >= 0.3 is 0 Å². The molecule has 0 aliphatic heterocycles. The van der Waals surface area contributed by atoms with Crippen molar-refractivity contribution in [2.75, 3.05) is 21.0 Å². The summed E-state index contributed by atoms with van der Waals surface area (Å²) in [5.74, 6) is 0.833. The Kier molecular flexibility index (Phi) is 17.1. The zero-order chi connectivity index (χ0) is 11.9. The molecule has 0 saturated heterocycles. The minimum Gasteiger partial charge on any atom is -0.359 e. The molecule has 0 N–H and O–H groups in total. The predicted octanol–water partition coefficient (Wildman–Crippen LogP) is 2.98. The molecule has 0 fully saturated rings. The first-order valence-electron chi connectivity index (χ1n) is 4.98. The molecule has 0 radical (unpaired) electrons. The van der Waals surface area contributed by atoms with Crippen LogP contribution in [0, 0.1) is 5.92 Å². The Hall–Kier alpha value is -0.930. The SMILES string of the molecule is CC(C)C.COCOC.c1ccncc1. The highest BCUT2D eigenvalue weighted by molar-refractivity contribution is 4.88. The van der Waals surface area contributed by atoms with E-state index in [0.717, 1.165) is 5.92 Å². The van der Waals surface area contributed by atoms with Gasteiger partial charge in [0.15, 0.2) is 0 Å². The van der Waals surface area contributed by atoms with Crippen molar-refractivity contribution in [1.29, 1.82) is 0 Å². The van der Waals surface area contributed by atoms with Crippen molar-refractivity contribution in [2.45, 2.75) is 20.8 Å². The average molecular weight is 213 g/mol. The Balaban J connectivity index is 0. The first kappa shape index (κ1) is 16.5. The van der Waals surface area contributed by atoms with Crippen molar-refractivity contribution in [3.8, 4) is 0 Å². The van der Waals surface area contributed by atoms with Crippen molar-refractivity contribution < 1.29 is 9.47 Å². The Morgan fingerprint density at radius 2 is 1.33 bits per heavy atom. The highest BCUT2D eigenvalue weighted by Gasteiger charge is 1.68. The number of hydrogen-bond donors (Lipinski definition) is 0. The van der Waals surface area contributed by atoms with Gasteiger partial charge in [-0.3, -0.25) is 4.98 Å². The number of pyridine rings is 1. The fraction of sp³-hybridized carbons (Fsp3) is 0.583. The second-order valence-electron chi connectivity index (χ2n) is 3.45. The van der Waals surface area contributed by atoms with Crippen LogP contribution in [0.25, 0.3) is 0 Å². The van der Waals surface area contributed by atoms with Gasteiger partial charge in [-0.1, -0.05) is 26.8 Å². The first-order chi connectivity index (χ1) is 7.15. The third kappa shape index (κ3) is 32.0. The smallest absolute Gasteiger partial charge is 0.145 e. The number of ether oxygens (including phenoxy) is 2. The van der Waals surface area contributed by atoms with Crippen LogP contribution in [0.4, 0.5) is 0 Å². The molecular formula is C12H23NO2. The van der Waals surface area contributed by atoms with Crippen molar-refractivity contribution in [3.05, 3.63) is 30.6 Å². The minimum atomic E-state index is 0.389. The van der Waals surface area contributed by atoms with Crippen molar-refractivity contribution in [3.63, 3.8) is 0 Å². The highest BCUT2D eigenvalue weighted by atomic mass is 16.6. The predicted molar refractivity (Wildman–Crippen MR) is 63.6 cm³/mol. The molecule has 1 rings (SSSR count). The second kappa shape index (κ2) is 15.5. The molecule has 88 valence electrons. The van der Waals surface area contributed by atoms with E-state index in [-0.39, 0.29) is 0 Å². The monoisotopic (exact) mass is 213 g/mol. The molecule has 1 heterocycles. The summed E-state index contributed by atoms with van der Waals surface area (Å²) in [5, 5.41) is 0. The lowest BCUT2D eigenvalue weighted by atomic mass is 10.3. The normalized spacial score (nSPS) is 8.40. The zero-order valence-corrected chi connectivity index (χ0v) is 10.4. The summed E-state index contributed by atoms with van der Waals surface area (Å²) in [6.07, 6.45) is 3.50. The lowest BCUT2D eigenvalue weighted by Gasteiger charge is -1.87. The molecule has 0 aliphatic rings. The number of aromatic nitrogens is 1. The molecule has 1 aromatic heterocycles. The van der Waals surface area contributed by atoms with E-state index in [1.807, 2.05) is 18.2 Å². The molecular weight excluding hydrogens is 190 g/mol. The molecule has 0 aromatic carbocycles. The van der Waals surface area contributed by atoms with E-state index < -0.39 is 0 Å². The highest BCUT2D eigenvalue weighted by Crippen LogP contribution is 1.81. The van der Waals surface area contributed by atoms with Gasteiger partial charge in [-0.15, -0.1) is 0 Å². The van der Waals surface area contributed by atoms with Crippen LogP contribution in [0.2, 0.25) is 0 Å². The Morgan fingerprint density at radius 3 is 1.40 bits per heavy atom. The Labute approximate surface area is 93.4 Å². The molecule has 0 bridgehead atoms. The van der Waals surface area contributed by atoms with Gasteiger partial charge in [0.25, 0.3) is 0 Å². The van der Waals surface area contributed by atoms with Gasteiger partial charge < -0.3 is 9.47 Å². The van der Waals surface area contributed by atoms with Crippen LogP contribution in [0.5, 0.6) is 0 Å². The number of hydrogen-bond acceptors (Lipinski definition) is 3. The Bertz CT molecular complexity index is 147. The molecule has 0 aliphatic carbocycles. The molecule has 0 unspecified atom stereocenters. The topological polar surface area (TPSA) is 31.4 Å². The number of nitrogens with zero attached hydrogens (tertiary/aromatic N) is 1. The third-order valence-corrected chi connectivity index (χ3v) is 0.802. The molecule has 3 nitrogen and oxygen atoms in total. The van der Waals surface area contributed by atoms with E-state index in [2.05, 4.69) is 35.2 Å². The summed E-state index contributed by atoms with van der Waals surface area (Å²) in [7, 11) is 3.17. The first-order valence-corrected chi connectivity index (χ1v) is 4.98. The quantitative estimate of drug-likeness (QED) is 0.708. The summed E-state index contributed by atoms with van der Waals surface area (Å²) < 4.78 is 8.94. The van der Waals surface area contributed by atoms with Gasteiger partial charge in [0.1, 0.15) is 6.79 Å². The fourth-order valence-corrected chi connectivity index (χ4v) is 0.430. The molecule has 0 saturated carbocycles. The van der Waals surface area contributed by atoms with Gasteiger partial charge in [-0.2, -0.15) is 0 Å². The molecule has 0 amide bonds. The van der Waals surface area contributed by atoms with Crippen LogP contribution in [0.15, 0.2) is 30.6 Å². The van der Waals surface area contributed by atoms with Crippen LogP contribution >= 0.6 is 0 Å². The van der Waals surface area contributed by atoms with Crippen molar-refractivity contribution in [2.24, 2.45) is 5.92 Å². The molecule has 15 heavy (non-hydrogen) atoms. The van der Waals surface area contributed by atoms with E-state index in [0.29, 0.717) is 6.79 Å². The largest absolute Gasteiger partial charge is 0.359 e. The third-order valence-electron chi connectivity index (χ3n) is 0.802.